The molecule has 3 aromatic carbocycles. The van der Waals surface area contributed by atoms with Crippen LogP contribution in [0, 0.1) is 11.6 Å². The standard InChI is InChI=1S/C23H15ClF5NO3/c24-17-10-14(13-4-7-16(8-5-13)33-23(27,28)29)6-9-20(17)31-11-15-12-32-22(30-15)21-18(25)2-1-3-19(21)26/h1-10,15H,11-12H2. The monoisotopic (exact) mass is 483 g/mol. The first-order valence-corrected chi connectivity index (χ1v) is 10.0. The molecule has 1 atom stereocenters. The molecular weight excluding hydrogens is 469 g/mol. The summed E-state index contributed by atoms with van der Waals surface area (Å²) in [5.74, 6) is -1.65. The van der Waals surface area contributed by atoms with E-state index in [1.807, 2.05) is 0 Å². The SMILES string of the molecule is Fc1cccc(F)c1C1=NC(COc2ccc(-c3ccc(OC(F)(F)F)cc3)cc2Cl)CO1. The molecule has 3 aromatic rings. The van der Waals surface area contributed by atoms with Crippen molar-refractivity contribution in [2.24, 2.45) is 4.99 Å². The van der Waals surface area contributed by atoms with Crippen molar-refractivity contribution in [1.82, 2.24) is 0 Å². The molecule has 0 radical (unpaired) electrons. The molecule has 1 heterocycles. The molecule has 0 amide bonds. The van der Waals surface area contributed by atoms with Gasteiger partial charge in [0.2, 0.25) is 5.90 Å². The van der Waals surface area contributed by atoms with Crippen LogP contribution in [0.4, 0.5) is 22.0 Å². The van der Waals surface area contributed by atoms with E-state index in [2.05, 4.69) is 9.73 Å². The van der Waals surface area contributed by atoms with Crippen LogP contribution >= 0.6 is 11.6 Å². The Kier molecular flexibility index (Phi) is 6.42. The molecule has 0 aliphatic carbocycles. The van der Waals surface area contributed by atoms with Crippen LogP contribution in [0.25, 0.3) is 11.1 Å². The minimum atomic E-state index is -4.76. The maximum absolute atomic E-state index is 13.9. The number of halogens is 6. The molecule has 0 saturated heterocycles. The number of alkyl halides is 3. The number of ether oxygens (including phenoxy) is 3. The largest absolute Gasteiger partial charge is 0.573 e. The molecule has 4 rings (SSSR count). The van der Waals surface area contributed by atoms with Crippen LogP contribution in [0.15, 0.2) is 65.7 Å². The second-order valence-electron chi connectivity index (χ2n) is 7.02. The lowest BCUT2D eigenvalue weighted by molar-refractivity contribution is -0.274. The third-order valence-corrected chi connectivity index (χ3v) is 4.97. The Bertz CT molecular complexity index is 1160. The van der Waals surface area contributed by atoms with E-state index in [4.69, 9.17) is 21.1 Å². The molecule has 10 heteroatoms. The highest BCUT2D eigenvalue weighted by Gasteiger charge is 2.31. The molecule has 4 nitrogen and oxygen atoms in total. The van der Waals surface area contributed by atoms with Gasteiger partial charge in [-0.05, 0) is 47.5 Å². The lowest BCUT2D eigenvalue weighted by Crippen LogP contribution is -2.17. The van der Waals surface area contributed by atoms with Crippen molar-refractivity contribution < 1.29 is 36.2 Å². The van der Waals surface area contributed by atoms with Gasteiger partial charge in [-0.25, -0.2) is 13.8 Å². The van der Waals surface area contributed by atoms with Crippen molar-refractivity contribution >= 4 is 17.5 Å². The van der Waals surface area contributed by atoms with Crippen molar-refractivity contribution in [3.05, 3.63) is 82.9 Å². The zero-order valence-corrected chi connectivity index (χ0v) is 17.5. The summed E-state index contributed by atoms with van der Waals surface area (Å²) in [7, 11) is 0. The van der Waals surface area contributed by atoms with E-state index >= 15 is 0 Å². The Morgan fingerprint density at radius 3 is 2.27 bits per heavy atom. The summed E-state index contributed by atoms with van der Waals surface area (Å²) in [6.07, 6.45) is -4.76. The summed E-state index contributed by atoms with van der Waals surface area (Å²) < 4.78 is 79.5. The topological polar surface area (TPSA) is 40.0 Å². The summed E-state index contributed by atoms with van der Waals surface area (Å²) in [6, 6.07) is 13.2. The molecule has 33 heavy (non-hydrogen) atoms. The van der Waals surface area contributed by atoms with E-state index in [-0.39, 0.29) is 35.4 Å². The van der Waals surface area contributed by atoms with Crippen LogP contribution in [0.3, 0.4) is 0 Å². The number of hydrogen-bond acceptors (Lipinski definition) is 4. The summed E-state index contributed by atoms with van der Waals surface area (Å²) in [6.45, 7) is 0.146. The fourth-order valence-corrected chi connectivity index (χ4v) is 3.41. The lowest BCUT2D eigenvalue weighted by atomic mass is 10.1. The van der Waals surface area contributed by atoms with E-state index < -0.39 is 24.0 Å². The second-order valence-corrected chi connectivity index (χ2v) is 7.43. The first-order valence-electron chi connectivity index (χ1n) is 9.63. The van der Waals surface area contributed by atoms with Gasteiger partial charge < -0.3 is 14.2 Å². The minimum Gasteiger partial charge on any atom is -0.490 e. The van der Waals surface area contributed by atoms with E-state index in [9.17, 15) is 22.0 Å². The van der Waals surface area contributed by atoms with Crippen LogP contribution in [0.2, 0.25) is 5.02 Å². The van der Waals surface area contributed by atoms with Gasteiger partial charge in [-0.3, -0.25) is 0 Å². The highest BCUT2D eigenvalue weighted by molar-refractivity contribution is 6.32. The Balaban J connectivity index is 1.41. The molecular formula is C23H15ClF5NO3. The number of hydrogen-bond donors (Lipinski definition) is 0. The van der Waals surface area contributed by atoms with Gasteiger partial charge in [-0.15, -0.1) is 13.2 Å². The van der Waals surface area contributed by atoms with Crippen molar-refractivity contribution in [3.8, 4) is 22.6 Å². The summed E-state index contributed by atoms with van der Waals surface area (Å²) in [5, 5.41) is 0.270. The Morgan fingerprint density at radius 2 is 1.64 bits per heavy atom. The van der Waals surface area contributed by atoms with Crippen molar-refractivity contribution in [1.29, 1.82) is 0 Å². The van der Waals surface area contributed by atoms with Crippen LogP contribution in [0.5, 0.6) is 11.5 Å². The third kappa shape index (κ3) is 5.54. The first kappa shape index (κ1) is 22.8. The zero-order valence-electron chi connectivity index (χ0n) is 16.7. The van der Waals surface area contributed by atoms with Crippen LogP contribution < -0.4 is 9.47 Å². The highest BCUT2D eigenvalue weighted by Crippen LogP contribution is 2.32. The van der Waals surface area contributed by atoms with E-state index in [1.54, 1.807) is 18.2 Å². The first-order chi connectivity index (χ1) is 15.7. The number of benzene rings is 3. The molecule has 1 aliphatic rings. The van der Waals surface area contributed by atoms with Gasteiger partial charge in [0.05, 0.1) is 5.02 Å². The summed E-state index contributed by atoms with van der Waals surface area (Å²) in [4.78, 5) is 4.18. The Labute approximate surface area is 190 Å². The average molecular weight is 484 g/mol. The van der Waals surface area contributed by atoms with Crippen molar-refractivity contribution in [2.75, 3.05) is 13.2 Å². The third-order valence-electron chi connectivity index (χ3n) is 4.67. The van der Waals surface area contributed by atoms with Gasteiger partial charge in [-0.2, -0.15) is 0 Å². The molecule has 1 aliphatic heterocycles. The van der Waals surface area contributed by atoms with E-state index in [0.717, 1.165) is 12.1 Å². The fourth-order valence-electron chi connectivity index (χ4n) is 3.17. The maximum atomic E-state index is 13.9. The molecule has 0 spiro atoms. The quantitative estimate of drug-likeness (QED) is 0.380. The van der Waals surface area contributed by atoms with Crippen LogP contribution in [0.1, 0.15) is 5.56 Å². The van der Waals surface area contributed by atoms with Crippen LogP contribution in [-0.4, -0.2) is 31.5 Å². The average Bonchev–Trinajstić information content (AvgIpc) is 3.20. The summed E-state index contributed by atoms with van der Waals surface area (Å²) >= 11 is 6.28. The van der Waals surface area contributed by atoms with Gasteiger partial charge in [0.15, 0.2) is 0 Å². The smallest absolute Gasteiger partial charge is 0.490 e. The summed E-state index contributed by atoms with van der Waals surface area (Å²) in [5.41, 5.74) is 0.961. The number of nitrogens with zero attached hydrogens (tertiary/aromatic N) is 1. The molecule has 1 unspecified atom stereocenters. The van der Waals surface area contributed by atoms with Gasteiger partial charge in [0.25, 0.3) is 0 Å². The van der Waals surface area contributed by atoms with Gasteiger partial charge in [0.1, 0.15) is 48.0 Å². The molecule has 0 aromatic heterocycles. The predicted molar refractivity (Wildman–Crippen MR) is 112 cm³/mol. The maximum Gasteiger partial charge on any atom is 0.573 e. The van der Waals surface area contributed by atoms with Crippen molar-refractivity contribution in [3.63, 3.8) is 0 Å². The number of rotatable bonds is 6. The van der Waals surface area contributed by atoms with E-state index in [1.165, 1.54) is 30.3 Å². The normalized spacial score (nSPS) is 15.7. The van der Waals surface area contributed by atoms with Gasteiger partial charge in [-0.1, -0.05) is 35.9 Å². The van der Waals surface area contributed by atoms with Gasteiger partial charge in [0, 0.05) is 0 Å². The van der Waals surface area contributed by atoms with Gasteiger partial charge >= 0.3 is 6.36 Å². The zero-order chi connectivity index (χ0) is 23.6. The highest BCUT2D eigenvalue weighted by atomic mass is 35.5. The molecule has 0 saturated carbocycles. The molecule has 0 fully saturated rings. The van der Waals surface area contributed by atoms with Crippen molar-refractivity contribution in [2.45, 2.75) is 12.4 Å². The van der Waals surface area contributed by atoms with E-state index in [0.29, 0.717) is 16.9 Å². The molecule has 172 valence electrons. The Hall–Kier alpha value is -3.33. The predicted octanol–water partition coefficient (Wildman–Crippen LogP) is 6.41. The molecule has 0 bridgehead atoms. The minimum absolute atomic E-state index is 0.0577. The Morgan fingerprint density at radius 1 is 0.970 bits per heavy atom. The molecule has 0 N–H and O–H groups in total. The number of aliphatic imine (C=N–C) groups is 1. The lowest BCUT2D eigenvalue weighted by Gasteiger charge is -2.12. The fraction of sp³-hybridized carbons (Fsp3) is 0.174. The second kappa shape index (κ2) is 9.27. The van der Waals surface area contributed by atoms with Crippen LogP contribution in [-0.2, 0) is 4.74 Å².